The Labute approximate surface area is 230 Å². The van der Waals surface area contributed by atoms with Gasteiger partial charge in [-0.3, -0.25) is 4.55 Å². The van der Waals surface area contributed by atoms with Crippen molar-refractivity contribution in [1.29, 1.82) is 0 Å². The molecule has 4 fully saturated rings. The van der Waals surface area contributed by atoms with E-state index in [4.69, 9.17) is 4.18 Å². The second-order valence-electron chi connectivity index (χ2n) is 13.2. The maximum absolute atomic E-state index is 11.8. The van der Waals surface area contributed by atoms with Crippen LogP contribution in [0.4, 0.5) is 0 Å². The first-order chi connectivity index (χ1) is 15.3. The van der Waals surface area contributed by atoms with Crippen molar-refractivity contribution < 1.29 is 22.3 Å². The van der Waals surface area contributed by atoms with E-state index in [1.807, 2.05) is 0 Å². The van der Waals surface area contributed by atoms with Gasteiger partial charge in [0.15, 0.2) is 0 Å². The zero-order valence-corrected chi connectivity index (χ0v) is 25.3. The average molecular weight is 508 g/mol. The maximum atomic E-state index is 11.8. The standard InChI is InChI=1S/C27H48O5S.Na/c1-17(2)7-6-8-18(3)21-9-10-22-20-16-25(32-33(29,30)31)24-15-19(28)11-13-27(24,5)23(20)12-14-26(21,22)4;/h17-25,28H,6-16H2,1-5H3,(H,29,30,31);/t18-,19+,20+,21?,22?,23?,24?,25?,26-,27-;/m1./s1. The second kappa shape index (κ2) is 10.9. The van der Waals surface area contributed by atoms with E-state index in [-0.39, 0.29) is 40.9 Å². The van der Waals surface area contributed by atoms with Crippen LogP contribution < -0.4 is 0 Å². The molecule has 4 aliphatic rings. The topological polar surface area (TPSA) is 83.8 Å². The van der Waals surface area contributed by atoms with Crippen LogP contribution in [0, 0.1) is 52.3 Å². The van der Waals surface area contributed by atoms with E-state index in [1.165, 1.54) is 44.9 Å². The number of hydrogen-bond donors (Lipinski definition) is 2. The SMILES string of the molecule is CC(C)CCC[C@@H](C)C1CCC2[C@@H]3CC(OS(=O)(=O)O)C4C[C@@H](O)CC[C@]4(C)C3CC[C@@]21C.[Na]. The quantitative estimate of drug-likeness (QED) is 0.332. The third-order valence-corrected chi connectivity index (χ3v) is 11.6. The van der Waals surface area contributed by atoms with Crippen LogP contribution in [0.25, 0.3) is 0 Å². The molecule has 193 valence electrons. The van der Waals surface area contributed by atoms with Gasteiger partial charge in [-0.2, -0.15) is 8.42 Å². The van der Waals surface area contributed by atoms with Crippen LogP contribution in [0.1, 0.15) is 105 Å². The molecule has 4 aliphatic carbocycles. The smallest absolute Gasteiger partial charge is 0.393 e. The van der Waals surface area contributed by atoms with E-state index in [1.54, 1.807) is 0 Å². The normalized spacial score (nSPS) is 45.1. The van der Waals surface area contributed by atoms with Gasteiger partial charge in [0.25, 0.3) is 0 Å². The molecule has 4 rings (SSSR count). The molecule has 34 heavy (non-hydrogen) atoms. The third kappa shape index (κ3) is 5.63. The first-order valence-electron chi connectivity index (χ1n) is 13.7. The zero-order valence-electron chi connectivity index (χ0n) is 22.5. The van der Waals surface area contributed by atoms with E-state index in [0.29, 0.717) is 36.0 Å². The minimum absolute atomic E-state index is 0. The van der Waals surface area contributed by atoms with Gasteiger partial charge >= 0.3 is 10.4 Å². The number of hydrogen-bond acceptors (Lipinski definition) is 4. The number of aliphatic hydroxyl groups is 1. The predicted octanol–water partition coefficient (Wildman–Crippen LogP) is 5.89. The van der Waals surface area contributed by atoms with Gasteiger partial charge in [0, 0.05) is 29.6 Å². The van der Waals surface area contributed by atoms with E-state index >= 15 is 0 Å². The van der Waals surface area contributed by atoms with E-state index < -0.39 is 22.6 Å². The predicted molar refractivity (Wildman–Crippen MR) is 137 cm³/mol. The molecule has 0 bridgehead atoms. The Morgan fingerprint density at radius 3 is 2.21 bits per heavy atom. The summed E-state index contributed by atoms with van der Waals surface area (Å²) in [6.07, 6.45) is 11.0. The minimum atomic E-state index is -4.52. The summed E-state index contributed by atoms with van der Waals surface area (Å²) >= 11 is 0. The van der Waals surface area contributed by atoms with Crippen LogP contribution in [0.15, 0.2) is 0 Å². The molecule has 0 saturated heterocycles. The van der Waals surface area contributed by atoms with Crippen molar-refractivity contribution in [3.63, 3.8) is 0 Å². The molecule has 5 unspecified atom stereocenters. The molecule has 5 nitrogen and oxygen atoms in total. The van der Waals surface area contributed by atoms with Crippen molar-refractivity contribution in [2.24, 2.45) is 52.3 Å². The molecule has 7 heteroatoms. The molecule has 0 amide bonds. The fraction of sp³-hybridized carbons (Fsp3) is 1.00. The molecule has 10 atom stereocenters. The van der Waals surface area contributed by atoms with Gasteiger partial charge in [-0.05, 0) is 104 Å². The van der Waals surface area contributed by atoms with Crippen LogP contribution >= 0.6 is 0 Å². The van der Waals surface area contributed by atoms with Crippen molar-refractivity contribution >= 4 is 40.0 Å². The van der Waals surface area contributed by atoms with Gasteiger partial charge in [0.2, 0.25) is 0 Å². The third-order valence-electron chi connectivity index (χ3n) is 11.1. The van der Waals surface area contributed by atoms with Crippen molar-refractivity contribution in [2.75, 3.05) is 0 Å². The maximum Gasteiger partial charge on any atom is 0.397 e. The Hall–Kier alpha value is 0.830. The summed E-state index contributed by atoms with van der Waals surface area (Å²) in [4.78, 5) is 0. The molecule has 0 aromatic carbocycles. The molecule has 0 spiro atoms. The largest absolute Gasteiger partial charge is 0.397 e. The van der Waals surface area contributed by atoms with Gasteiger partial charge < -0.3 is 5.11 Å². The molecule has 4 saturated carbocycles. The fourth-order valence-electron chi connectivity index (χ4n) is 9.53. The minimum Gasteiger partial charge on any atom is -0.393 e. The molecular formula is C27H48NaO5S. The van der Waals surface area contributed by atoms with Crippen molar-refractivity contribution in [3.05, 3.63) is 0 Å². The summed E-state index contributed by atoms with van der Waals surface area (Å²) in [6.45, 7) is 11.9. The molecule has 0 aromatic heterocycles. The Bertz CT molecular complexity index is 803. The summed E-state index contributed by atoms with van der Waals surface area (Å²) in [5, 5.41) is 10.4. The van der Waals surface area contributed by atoms with Crippen LogP contribution in [0.5, 0.6) is 0 Å². The van der Waals surface area contributed by atoms with Gasteiger partial charge in [-0.25, -0.2) is 4.18 Å². The summed E-state index contributed by atoms with van der Waals surface area (Å²) in [7, 11) is -4.52. The van der Waals surface area contributed by atoms with E-state index in [9.17, 15) is 18.1 Å². The van der Waals surface area contributed by atoms with Crippen molar-refractivity contribution in [1.82, 2.24) is 0 Å². The summed E-state index contributed by atoms with van der Waals surface area (Å²) in [6, 6.07) is 0. The zero-order chi connectivity index (χ0) is 24.2. The van der Waals surface area contributed by atoms with Crippen LogP contribution in [0.2, 0.25) is 0 Å². The number of rotatable bonds is 7. The van der Waals surface area contributed by atoms with Crippen LogP contribution in [-0.4, -0.2) is 59.8 Å². The monoisotopic (exact) mass is 507 g/mol. The van der Waals surface area contributed by atoms with Crippen LogP contribution in [-0.2, 0) is 14.6 Å². The van der Waals surface area contributed by atoms with Crippen molar-refractivity contribution in [2.45, 2.75) is 117 Å². The van der Waals surface area contributed by atoms with Gasteiger partial charge in [-0.1, -0.05) is 53.9 Å². The second-order valence-corrected chi connectivity index (χ2v) is 14.3. The molecule has 0 heterocycles. The summed E-state index contributed by atoms with van der Waals surface area (Å²) < 4.78 is 38.5. The molecule has 0 aromatic rings. The van der Waals surface area contributed by atoms with Crippen LogP contribution in [0.3, 0.4) is 0 Å². The van der Waals surface area contributed by atoms with Gasteiger partial charge in [0.05, 0.1) is 12.2 Å². The molecule has 0 aliphatic heterocycles. The Morgan fingerprint density at radius 1 is 0.912 bits per heavy atom. The average Bonchev–Trinajstić information content (AvgIpc) is 3.05. The Morgan fingerprint density at radius 2 is 1.56 bits per heavy atom. The van der Waals surface area contributed by atoms with E-state index in [0.717, 1.165) is 30.6 Å². The Balaban J connectivity index is 0.00000324. The molecule has 1 radical (unpaired) electrons. The number of fused-ring (bicyclic) bond motifs is 5. The van der Waals surface area contributed by atoms with Crippen molar-refractivity contribution in [3.8, 4) is 0 Å². The fourth-order valence-corrected chi connectivity index (χ4v) is 10.1. The first kappa shape index (κ1) is 29.4. The summed E-state index contributed by atoms with van der Waals surface area (Å²) in [5.41, 5.74) is 0.290. The Kier molecular flexibility index (Phi) is 9.42. The summed E-state index contributed by atoms with van der Waals surface area (Å²) in [5.74, 6) is 3.84. The van der Waals surface area contributed by atoms with Gasteiger partial charge in [0.1, 0.15) is 0 Å². The molecular weight excluding hydrogens is 459 g/mol. The number of aliphatic hydroxyl groups excluding tert-OH is 1. The first-order valence-corrected chi connectivity index (χ1v) is 15.1. The van der Waals surface area contributed by atoms with Gasteiger partial charge in [-0.15, -0.1) is 0 Å². The van der Waals surface area contributed by atoms with E-state index in [2.05, 4.69) is 34.6 Å². The molecule has 2 N–H and O–H groups in total.